The number of amides is 1. The average Bonchev–Trinajstić information content (AvgIpc) is 3.16. The number of anilines is 1. The van der Waals surface area contributed by atoms with E-state index in [9.17, 15) is 14.0 Å². The van der Waals surface area contributed by atoms with Gasteiger partial charge in [0.1, 0.15) is 23.4 Å². The first-order chi connectivity index (χ1) is 11.9. The Hall–Kier alpha value is -3.56. The van der Waals surface area contributed by atoms with Crippen LogP contribution in [0.2, 0.25) is 0 Å². The van der Waals surface area contributed by atoms with Gasteiger partial charge in [0.2, 0.25) is 5.95 Å². The van der Waals surface area contributed by atoms with Crippen LogP contribution in [-0.4, -0.2) is 41.5 Å². The van der Waals surface area contributed by atoms with Gasteiger partial charge in [-0.25, -0.2) is 18.9 Å². The number of halogens is 1. The summed E-state index contributed by atoms with van der Waals surface area (Å²) in [4.78, 5) is 27.3. The SMILES string of the molecule is Cn1ncc(C(=O)O)c1C(=O)Nc1ncn(Cc2ccc(F)cc2)n1. The Balaban J connectivity index is 1.73. The van der Waals surface area contributed by atoms with Gasteiger partial charge in [-0.2, -0.15) is 5.10 Å². The molecule has 10 heteroatoms. The van der Waals surface area contributed by atoms with Gasteiger partial charge in [0, 0.05) is 7.05 Å². The average molecular weight is 344 g/mol. The Kier molecular flexibility index (Phi) is 4.25. The number of carboxylic acids is 1. The largest absolute Gasteiger partial charge is 0.478 e. The normalized spacial score (nSPS) is 10.6. The van der Waals surface area contributed by atoms with Crippen molar-refractivity contribution < 1.29 is 19.1 Å². The molecule has 0 fully saturated rings. The summed E-state index contributed by atoms with van der Waals surface area (Å²) in [6.07, 6.45) is 2.50. The van der Waals surface area contributed by atoms with Crippen molar-refractivity contribution in [3.63, 3.8) is 0 Å². The number of carboxylic acid groups (broad SMARTS) is 1. The lowest BCUT2D eigenvalue weighted by Gasteiger charge is -2.03. The zero-order valence-corrected chi connectivity index (χ0v) is 13.0. The lowest BCUT2D eigenvalue weighted by Crippen LogP contribution is -2.20. The molecule has 2 aromatic heterocycles. The summed E-state index contributed by atoms with van der Waals surface area (Å²) in [5, 5.41) is 19.4. The number of benzene rings is 1. The fourth-order valence-electron chi connectivity index (χ4n) is 2.23. The minimum atomic E-state index is -1.26. The Labute approximate surface area is 140 Å². The van der Waals surface area contributed by atoms with Gasteiger partial charge in [0.05, 0.1) is 12.7 Å². The number of nitrogens with one attached hydrogen (secondary N) is 1. The van der Waals surface area contributed by atoms with E-state index in [0.29, 0.717) is 6.54 Å². The molecular formula is C15H13FN6O3. The minimum Gasteiger partial charge on any atom is -0.478 e. The third kappa shape index (κ3) is 3.52. The first kappa shape index (κ1) is 16.3. The van der Waals surface area contributed by atoms with Gasteiger partial charge in [0.15, 0.2) is 0 Å². The smallest absolute Gasteiger partial charge is 0.339 e. The number of nitrogens with zero attached hydrogens (tertiary/aromatic N) is 5. The summed E-state index contributed by atoms with van der Waals surface area (Å²) in [6, 6.07) is 5.91. The molecule has 0 saturated heterocycles. The highest BCUT2D eigenvalue weighted by molar-refractivity contribution is 6.08. The maximum atomic E-state index is 12.9. The Morgan fingerprint density at radius 1 is 1.28 bits per heavy atom. The second kappa shape index (κ2) is 6.51. The van der Waals surface area contributed by atoms with Crippen molar-refractivity contribution in [1.82, 2.24) is 24.5 Å². The maximum absolute atomic E-state index is 12.9. The molecule has 0 spiro atoms. The van der Waals surface area contributed by atoms with Crippen LogP contribution in [0.15, 0.2) is 36.8 Å². The molecule has 0 radical (unpaired) electrons. The summed E-state index contributed by atoms with van der Waals surface area (Å²) >= 11 is 0. The van der Waals surface area contributed by atoms with Crippen LogP contribution in [0.25, 0.3) is 0 Å². The van der Waals surface area contributed by atoms with Crippen LogP contribution in [0.1, 0.15) is 26.4 Å². The fourth-order valence-corrected chi connectivity index (χ4v) is 2.23. The van der Waals surface area contributed by atoms with Crippen molar-refractivity contribution in [2.45, 2.75) is 6.54 Å². The quantitative estimate of drug-likeness (QED) is 0.717. The summed E-state index contributed by atoms with van der Waals surface area (Å²) in [5.41, 5.74) is 0.483. The topological polar surface area (TPSA) is 115 Å². The third-order valence-electron chi connectivity index (χ3n) is 3.40. The number of rotatable bonds is 5. The van der Waals surface area contributed by atoms with Crippen LogP contribution in [-0.2, 0) is 13.6 Å². The molecule has 0 atom stereocenters. The molecule has 3 aromatic rings. The van der Waals surface area contributed by atoms with Gasteiger partial charge in [0.25, 0.3) is 5.91 Å². The van der Waals surface area contributed by atoms with Crippen LogP contribution in [0, 0.1) is 5.82 Å². The second-order valence-corrected chi connectivity index (χ2v) is 5.18. The van der Waals surface area contributed by atoms with Gasteiger partial charge in [-0.15, -0.1) is 5.10 Å². The van der Waals surface area contributed by atoms with Crippen molar-refractivity contribution >= 4 is 17.8 Å². The summed E-state index contributed by atoms with van der Waals surface area (Å²) in [6.45, 7) is 0.342. The number of aromatic nitrogens is 5. The van der Waals surface area contributed by atoms with E-state index in [1.807, 2.05) is 0 Å². The molecule has 128 valence electrons. The number of carbonyl (C=O) groups excluding carboxylic acids is 1. The second-order valence-electron chi connectivity index (χ2n) is 5.18. The summed E-state index contributed by atoms with van der Waals surface area (Å²) < 4.78 is 15.5. The van der Waals surface area contributed by atoms with Gasteiger partial charge in [-0.05, 0) is 17.7 Å². The summed E-state index contributed by atoms with van der Waals surface area (Å²) in [5.74, 6) is -2.25. The lowest BCUT2D eigenvalue weighted by atomic mass is 10.2. The predicted octanol–water partition coefficient (Wildman–Crippen LogP) is 1.15. The fraction of sp³-hybridized carbons (Fsp3) is 0.133. The van der Waals surface area contributed by atoms with Crippen LogP contribution < -0.4 is 5.32 Å². The molecule has 0 aliphatic heterocycles. The highest BCUT2D eigenvalue weighted by atomic mass is 19.1. The highest BCUT2D eigenvalue weighted by Crippen LogP contribution is 2.10. The summed E-state index contributed by atoms with van der Waals surface area (Å²) in [7, 11) is 1.46. The third-order valence-corrected chi connectivity index (χ3v) is 3.40. The van der Waals surface area contributed by atoms with E-state index in [2.05, 4.69) is 20.5 Å². The zero-order valence-electron chi connectivity index (χ0n) is 13.0. The van der Waals surface area contributed by atoms with Crippen molar-refractivity contribution in [2.75, 3.05) is 5.32 Å². The molecule has 3 rings (SSSR count). The molecule has 0 aliphatic carbocycles. The van der Waals surface area contributed by atoms with Crippen molar-refractivity contribution in [1.29, 1.82) is 0 Å². The Morgan fingerprint density at radius 2 is 2.00 bits per heavy atom. The molecule has 25 heavy (non-hydrogen) atoms. The molecule has 9 nitrogen and oxygen atoms in total. The van der Waals surface area contributed by atoms with Crippen molar-refractivity contribution in [2.24, 2.45) is 7.05 Å². The van der Waals surface area contributed by atoms with E-state index in [0.717, 1.165) is 16.4 Å². The predicted molar refractivity (Wildman–Crippen MR) is 83.6 cm³/mol. The number of hydrogen-bond acceptors (Lipinski definition) is 5. The van der Waals surface area contributed by atoms with Crippen LogP contribution in [0.4, 0.5) is 10.3 Å². The molecule has 0 saturated carbocycles. The van der Waals surface area contributed by atoms with E-state index in [1.54, 1.807) is 12.1 Å². The van der Waals surface area contributed by atoms with E-state index in [1.165, 1.54) is 30.2 Å². The molecule has 2 heterocycles. The molecule has 0 unspecified atom stereocenters. The zero-order chi connectivity index (χ0) is 18.0. The highest BCUT2D eigenvalue weighted by Gasteiger charge is 2.22. The number of aryl methyl sites for hydroxylation is 1. The molecule has 1 aromatic carbocycles. The Bertz CT molecular complexity index is 931. The van der Waals surface area contributed by atoms with Gasteiger partial charge < -0.3 is 5.11 Å². The first-order valence-electron chi connectivity index (χ1n) is 7.14. The van der Waals surface area contributed by atoms with Gasteiger partial charge in [-0.3, -0.25) is 14.8 Å². The molecule has 0 aliphatic rings. The van der Waals surface area contributed by atoms with Gasteiger partial charge in [-0.1, -0.05) is 12.1 Å². The molecule has 0 bridgehead atoms. The number of carbonyl (C=O) groups is 2. The van der Waals surface area contributed by atoms with E-state index in [4.69, 9.17) is 5.11 Å². The Morgan fingerprint density at radius 3 is 2.68 bits per heavy atom. The van der Waals surface area contributed by atoms with E-state index < -0.39 is 11.9 Å². The van der Waals surface area contributed by atoms with Crippen LogP contribution in [0.5, 0.6) is 0 Å². The standard InChI is InChI=1S/C15H13FN6O3/c1-21-12(11(6-18-21)14(24)25)13(23)19-15-17-8-22(20-15)7-9-2-4-10(16)5-3-9/h2-6,8H,7H2,1H3,(H,24,25)(H,19,20,23). The molecular weight excluding hydrogens is 331 g/mol. The molecule has 2 N–H and O–H groups in total. The van der Waals surface area contributed by atoms with E-state index >= 15 is 0 Å². The first-order valence-corrected chi connectivity index (χ1v) is 7.14. The maximum Gasteiger partial charge on any atom is 0.339 e. The minimum absolute atomic E-state index is 0.0182. The van der Waals surface area contributed by atoms with E-state index in [-0.39, 0.29) is 23.0 Å². The molecule has 1 amide bonds. The van der Waals surface area contributed by atoms with Crippen molar-refractivity contribution in [3.8, 4) is 0 Å². The monoisotopic (exact) mass is 344 g/mol. The number of aromatic carboxylic acids is 1. The lowest BCUT2D eigenvalue weighted by molar-refractivity contribution is 0.0692. The van der Waals surface area contributed by atoms with Crippen molar-refractivity contribution in [3.05, 3.63) is 59.4 Å². The van der Waals surface area contributed by atoms with Crippen LogP contribution >= 0.6 is 0 Å². The number of hydrogen-bond donors (Lipinski definition) is 2. The van der Waals surface area contributed by atoms with Crippen LogP contribution in [0.3, 0.4) is 0 Å². The van der Waals surface area contributed by atoms with Gasteiger partial charge >= 0.3 is 5.97 Å².